The third-order valence-electron chi connectivity index (χ3n) is 14.9. The summed E-state index contributed by atoms with van der Waals surface area (Å²) in [6, 6.07) is 89.9. The summed E-state index contributed by atoms with van der Waals surface area (Å²) in [5, 5.41) is 0. The van der Waals surface area contributed by atoms with Gasteiger partial charge in [0.2, 0.25) is 0 Å². The third-order valence-corrected chi connectivity index (χ3v) is 14.9. The Morgan fingerprint density at radius 3 is 1.20 bits per heavy atom. The molecule has 0 amide bonds. The van der Waals surface area contributed by atoms with E-state index in [2.05, 4.69) is 238 Å². The van der Waals surface area contributed by atoms with Gasteiger partial charge in [-0.15, -0.1) is 0 Å². The quantitative estimate of drug-likeness (QED) is 0.160. The topological polar surface area (TPSA) is 38.7 Å². The summed E-state index contributed by atoms with van der Waals surface area (Å²) in [6.07, 6.45) is 0. The first-order chi connectivity index (χ1) is 34.5. The van der Waals surface area contributed by atoms with Gasteiger partial charge < -0.3 is 0 Å². The van der Waals surface area contributed by atoms with Crippen LogP contribution in [0, 0.1) is 0 Å². The van der Waals surface area contributed by atoms with E-state index in [9.17, 15) is 0 Å². The smallest absolute Gasteiger partial charge is 0.164 e. The number of rotatable bonds is 7. The Morgan fingerprint density at radius 2 is 0.614 bits per heavy atom. The molecule has 2 aliphatic carbocycles. The predicted molar refractivity (Wildman–Crippen MR) is 287 cm³/mol. The molecule has 0 saturated heterocycles. The zero-order valence-electron chi connectivity index (χ0n) is 39.0. The van der Waals surface area contributed by atoms with Gasteiger partial charge in [0, 0.05) is 22.1 Å². The van der Waals surface area contributed by atoms with E-state index in [4.69, 9.17) is 15.0 Å². The van der Waals surface area contributed by atoms with Crippen LogP contribution in [-0.2, 0) is 10.8 Å². The van der Waals surface area contributed by atoms with Crippen molar-refractivity contribution in [1.82, 2.24) is 15.0 Å². The van der Waals surface area contributed by atoms with E-state index in [0.29, 0.717) is 17.5 Å². The van der Waals surface area contributed by atoms with Crippen molar-refractivity contribution in [2.75, 3.05) is 0 Å². The first-order valence-corrected chi connectivity index (χ1v) is 24.2. The molecule has 1 aromatic heterocycles. The molecule has 0 bridgehead atoms. The number of aromatic nitrogens is 3. The molecule has 0 radical (unpaired) electrons. The normalized spacial score (nSPS) is 13.5. The minimum atomic E-state index is -0.599. The molecule has 330 valence electrons. The fourth-order valence-corrected chi connectivity index (χ4v) is 11.6. The molecular formula is C67H47N3. The van der Waals surface area contributed by atoms with Gasteiger partial charge in [0.15, 0.2) is 17.5 Å². The maximum Gasteiger partial charge on any atom is 0.164 e. The molecular weight excluding hydrogens is 847 g/mol. The summed E-state index contributed by atoms with van der Waals surface area (Å²) < 4.78 is 0. The standard InChI is InChI=1S/C67H47N3/c1-66(2)57-28-14-16-30-59(57)67(60-31-17-15-29-58(60)66)56-42-41-51(46-33-37-48(38-34-46)53-26-13-12-25-52(53)47-21-8-4-9-22-47)43-55(56)62-54(27-18-32-61(62)67)65-69-63(49-23-10-5-11-24-49)68-64(70-65)50-39-35-45(36-40-50)44-19-6-3-7-20-44/h3-43H,1-2H3. The van der Waals surface area contributed by atoms with Gasteiger partial charge in [0.05, 0.1) is 5.41 Å². The van der Waals surface area contributed by atoms with E-state index >= 15 is 0 Å². The van der Waals surface area contributed by atoms with Crippen LogP contribution in [0.2, 0.25) is 0 Å². The highest BCUT2D eigenvalue weighted by molar-refractivity contribution is 5.97. The van der Waals surface area contributed by atoms with E-state index in [1.165, 1.54) is 66.8 Å². The van der Waals surface area contributed by atoms with Gasteiger partial charge in [-0.1, -0.05) is 257 Å². The Hall–Kier alpha value is -8.79. The minimum absolute atomic E-state index is 0.219. The molecule has 10 aromatic carbocycles. The SMILES string of the molecule is CC1(C)c2ccccc2C2(c3ccc(-c4ccc(-c5ccccc5-c5ccccc5)cc4)cc3-c3c(-c4nc(-c5ccccc5)nc(-c5ccc(-c6ccccc6)cc5)n4)cccc32)c2ccccc21. The van der Waals surface area contributed by atoms with E-state index < -0.39 is 5.41 Å². The molecule has 0 atom stereocenters. The highest BCUT2D eigenvalue weighted by Gasteiger charge is 2.54. The lowest BCUT2D eigenvalue weighted by Crippen LogP contribution is -2.40. The van der Waals surface area contributed by atoms with Crippen molar-refractivity contribution < 1.29 is 0 Å². The Morgan fingerprint density at radius 1 is 0.243 bits per heavy atom. The number of hydrogen-bond donors (Lipinski definition) is 0. The third kappa shape index (κ3) is 6.54. The van der Waals surface area contributed by atoms with Crippen LogP contribution in [-0.4, -0.2) is 15.0 Å². The van der Waals surface area contributed by atoms with Crippen molar-refractivity contribution >= 4 is 0 Å². The molecule has 13 rings (SSSR count). The zero-order chi connectivity index (χ0) is 46.8. The Bertz CT molecular complexity index is 3710. The maximum atomic E-state index is 5.42. The number of nitrogens with zero attached hydrogens (tertiary/aromatic N) is 3. The minimum Gasteiger partial charge on any atom is -0.208 e. The molecule has 3 heteroatoms. The lowest BCUT2D eigenvalue weighted by molar-refractivity contribution is 0.563. The number of benzene rings is 10. The zero-order valence-corrected chi connectivity index (χ0v) is 39.0. The fourth-order valence-electron chi connectivity index (χ4n) is 11.6. The molecule has 0 N–H and O–H groups in total. The van der Waals surface area contributed by atoms with E-state index in [1.807, 2.05) is 24.3 Å². The van der Waals surface area contributed by atoms with Crippen LogP contribution in [0.1, 0.15) is 47.2 Å². The molecule has 70 heavy (non-hydrogen) atoms. The van der Waals surface area contributed by atoms with Crippen LogP contribution in [0.4, 0.5) is 0 Å². The molecule has 1 heterocycles. The van der Waals surface area contributed by atoms with Crippen LogP contribution in [0.3, 0.4) is 0 Å². The predicted octanol–water partition coefficient (Wildman–Crippen LogP) is 16.5. The van der Waals surface area contributed by atoms with Gasteiger partial charge in [-0.2, -0.15) is 0 Å². The van der Waals surface area contributed by atoms with Crippen LogP contribution < -0.4 is 0 Å². The maximum absolute atomic E-state index is 5.42. The molecule has 0 aliphatic heterocycles. The Balaban J connectivity index is 1.03. The van der Waals surface area contributed by atoms with Gasteiger partial charge in [0.1, 0.15) is 0 Å². The first-order valence-electron chi connectivity index (χ1n) is 24.2. The van der Waals surface area contributed by atoms with Gasteiger partial charge in [-0.25, -0.2) is 15.0 Å². The van der Waals surface area contributed by atoms with Crippen LogP contribution in [0.15, 0.2) is 249 Å². The van der Waals surface area contributed by atoms with E-state index in [-0.39, 0.29) is 5.41 Å². The highest BCUT2D eigenvalue weighted by atomic mass is 15.0. The van der Waals surface area contributed by atoms with Crippen molar-refractivity contribution in [2.45, 2.75) is 24.7 Å². The summed E-state index contributed by atoms with van der Waals surface area (Å²) in [4.78, 5) is 16.0. The molecule has 1 spiro atoms. The van der Waals surface area contributed by atoms with Gasteiger partial charge >= 0.3 is 0 Å². The van der Waals surface area contributed by atoms with Crippen LogP contribution in [0.5, 0.6) is 0 Å². The number of hydrogen-bond acceptors (Lipinski definition) is 3. The van der Waals surface area contributed by atoms with Gasteiger partial charge in [-0.3, -0.25) is 0 Å². The summed E-state index contributed by atoms with van der Waals surface area (Å²) in [5.41, 5.74) is 21.6. The second kappa shape index (κ2) is 16.5. The Labute approximate surface area is 409 Å². The Kier molecular flexibility index (Phi) is 9.74. The van der Waals surface area contributed by atoms with E-state index in [1.54, 1.807) is 0 Å². The summed E-state index contributed by atoms with van der Waals surface area (Å²) in [5.74, 6) is 1.91. The summed E-state index contributed by atoms with van der Waals surface area (Å²) in [6.45, 7) is 4.75. The van der Waals surface area contributed by atoms with Crippen molar-refractivity contribution in [2.24, 2.45) is 0 Å². The average Bonchev–Trinajstić information content (AvgIpc) is 3.73. The van der Waals surface area contributed by atoms with Crippen molar-refractivity contribution in [3.05, 3.63) is 282 Å². The van der Waals surface area contributed by atoms with Crippen molar-refractivity contribution in [3.8, 4) is 89.8 Å². The number of fused-ring (bicyclic) bond motifs is 9. The highest BCUT2D eigenvalue weighted by Crippen LogP contribution is 2.63. The van der Waals surface area contributed by atoms with Crippen molar-refractivity contribution in [3.63, 3.8) is 0 Å². The molecule has 3 nitrogen and oxygen atoms in total. The largest absolute Gasteiger partial charge is 0.208 e. The van der Waals surface area contributed by atoms with Crippen LogP contribution in [0.25, 0.3) is 89.8 Å². The molecule has 0 fully saturated rings. The first kappa shape index (κ1) is 41.4. The second-order valence-electron chi connectivity index (χ2n) is 19.1. The lowest BCUT2D eigenvalue weighted by Gasteiger charge is -2.46. The van der Waals surface area contributed by atoms with E-state index in [0.717, 1.165) is 38.9 Å². The average molecular weight is 894 g/mol. The molecule has 0 saturated carbocycles. The summed E-state index contributed by atoms with van der Waals surface area (Å²) >= 11 is 0. The monoisotopic (exact) mass is 893 g/mol. The fraction of sp³-hybridized carbons (Fsp3) is 0.0597. The van der Waals surface area contributed by atoms with Gasteiger partial charge in [0.25, 0.3) is 0 Å². The molecule has 0 unspecified atom stereocenters. The lowest BCUT2D eigenvalue weighted by atomic mass is 9.55. The van der Waals surface area contributed by atoms with Crippen LogP contribution >= 0.6 is 0 Å². The van der Waals surface area contributed by atoms with Gasteiger partial charge in [-0.05, 0) is 95.1 Å². The second-order valence-corrected chi connectivity index (χ2v) is 19.1. The molecule has 2 aliphatic rings. The molecule has 11 aromatic rings. The summed E-state index contributed by atoms with van der Waals surface area (Å²) in [7, 11) is 0. The van der Waals surface area contributed by atoms with Crippen molar-refractivity contribution in [1.29, 1.82) is 0 Å².